The minimum absolute atomic E-state index is 0.0711. The van der Waals surface area contributed by atoms with Crippen molar-refractivity contribution in [1.29, 1.82) is 0 Å². The van der Waals surface area contributed by atoms with Gasteiger partial charge in [-0.25, -0.2) is 0 Å². The molecular formula is C69H130O6. The number of allylic oxidation sites excluding steroid dienone is 4. The van der Waals surface area contributed by atoms with Crippen molar-refractivity contribution < 1.29 is 28.6 Å². The van der Waals surface area contributed by atoms with Crippen LogP contribution in [0.15, 0.2) is 24.3 Å². The molecule has 442 valence electrons. The summed E-state index contributed by atoms with van der Waals surface area (Å²) >= 11 is 0. The summed E-state index contributed by atoms with van der Waals surface area (Å²) in [6, 6.07) is 0. The molecule has 0 aliphatic carbocycles. The average Bonchev–Trinajstić information content (AvgIpc) is 3.41. The Hall–Kier alpha value is -2.11. The largest absolute Gasteiger partial charge is 0.462 e. The van der Waals surface area contributed by atoms with E-state index in [1.54, 1.807) is 0 Å². The molecule has 0 aromatic rings. The van der Waals surface area contributed by atoms with E-state index in [4.69, 9.17) is 14.2 Å². The topological polar surface area (TPSA) is 78.9 Å². The zero-order valence-corrected chi connectivity index (χ0v) is 50.8. The highest BCUT2D eigenvalue weighted by molar-refractivity contribution is 5.71. The first kappa shape index (κ1) is 72.9. The van der Waals surface area contributed by atoms with Gasteiger partial charge in [0, 0.05) is 19.3 Å². The van der Waals surface area contributed by atoms with Crippen LogP contribution in [0, 0.1) is 0 Å². The Morgan fingerprint density at radius 2 is 0.493 bits per heavy atom. The number of unbranched alkanes of at least 4 members (excludes halogenated alkanes) is 48. The molecule has 6 heteroatoms. The van der Waals surface area contributed by atoms with E-state index >= 15 is 0 Å². The Morgan fingerprint density at radius 3 is 0.773 bits per heavy atom. The zero-order chi connectivity index (χ0) is 54.3. The summed E-state index contributed by atoms with van der Waals surface area (Å²) in [5.74, 6) is -0.858. The molecule has 1 unspecified atom stereocenters. The fraction of sp³-hybridized carbons (Fsp3) is 0.899. The van der Waals surface area contributed by atoms with Crippen LogP contribution in [0.1, 0.15) is 380 Å². The number of carbonyl (C=O) groups excluding carboxylic acids is 3. The maximum absolute atomic E-state index is 12.9. The molecule has 75 heavy (non-hydrogen) atoms. The lowest BCUT2D eigenvalue weighted by molar-refractivity contribution is -0.167. The van der Waals surface area contributed by atoms with Gasteiger partial charge < -0.3 is 14.2 Å². The molecule has 6 nitrogen and oxygen atoms in total. The number of carbonyl (C=O) groups is 3. The predicted molar refractivity (Wildman–Crippen MR) is 326 cm³/mol. The van der Waals surface area contributed by atoms with Crippen LogP contribution >= 0.6 is 0 Å². The van der Waals surface area contributed by atoms with Crippen LogP contribution in [0.5, 0.6) is 0 Å². The summed E-state index contributed by atoms with van der Waals surface area (Å²) in [5.41, 5.74) is 0. The lowest BCUT2D eigenvalue weighted by Crippen LogP contribution is -2.30. The van der Waals surface area contributed by atoms with E-state index in [-0.39, 0.29) is 31.1 Å². The highest BCUT2D eigenvalue weighted by atomic mass is 16.6. The van der Waals surface area contributed by atoms with Gasteiger partial charge in [0.1, 0.15) is 13.2 Å². The van der Waals surface area contributed by atoms with Crippen molar-refractivity contribution in [1.82, 2.24) is 0 Å². The average molecular weight is 1060 g/mol. The first-order chi connectivity index (χ1) is 37.0. The van der Waals surface area contributed by atoms with Gasteiger partial charge in [0.2, 0.25) is 0 Å². The fourth-order valence-electron chi connectivity index (χ4n) is 10.3. The van der Waals surface area contributed by atoms with Gasteiger partial charge in [0.15, 0.2) is 6.10 Å². The van der Waals surface area contributed by atoms with Crippen molar-refractivity contribution in [3.8, 4) is 0 Å². The molecule has 0 bridgehead atoms. The first-order valence-corrected chi connectivity index (χ1v) is 33.8. The Labute approximate surface area is 468 Å². The molecule has 0 aromatic carbocycles. The van der Waals surface area contributed by atoms with Gasteiger partial charge in [-0.1, -0.05) is 340 Å². The molecule has 0 aliphatic rings. The van der Waals surface area contributed by atoms with Crippen molar-refractivity contribution in [3.63, 3.8) is 0 Å². The molecule has 0 saturated heterocycles. The van der Waals surface area contributed by atoms with Crippen molar-refractivity contribution in [2.45, 2.75) is 386 Å². The Bertz CT molecular complexity index is 1210. The van der Waals surface area contributed by atoms with E-state index in [9.17, 15) is 14.4 Å². The van der Waals surface area contributed by atoms with E-state index in [0.29, 0.717) is 19.3 Å². The van der Waals surface area contributed by atoms with Crippen molar-refractivity contribution in [2.75, 3.05) is 13.2 Å². The standard InChI is InChI=1S/C69H130O6/c1-4-7-10-13-16-19-22-25-28-29-30-31-32-33-34-35-36-37-38-39-40-41-42-45-47-50-53-56-59-62-68(71)74-65-66(75-69(72)63-60-57-54-51-48-44-27-24-21-18-15-12-9-6-3)64-73-67(70)61-58-55-52-49-46-43-26-23-20-17-14-11-8-5-2/h15,18,24,27,66H,4-14,16-17,19-23,25-26,28-65H2,1-3H3/b18-15-,27-24-. The van der Waals surface area contributed by atoms with E-state index < -0.39 is 6.10 Å². The predicted octanol–water partition coefficient (Wildman–Crippen LogP) is 23.0. The molecule has 0 radical (unpaired) electrons. The summed E-state index contributed by atoms with van der Waals surface area (Å²) in [5, 5.41) is 0. The molecule has 0 rings (SSSR count). The van der Waals surface area contributed by atoms with Gasteiger partial charge in [0.05, 0.1) is 0 Å². The van der Waals surface area contributed by atoms with Crippen LogP contribution in [0.4, 0.5) is 0 Å². The summed E-state index contributed by atoms with van der Waals surface area (Å²) < 4.78 is 16.9. The van der Waals surface area contributed by atoms with Gasteiger partial charge in [0.25, 0.3) is 0 Å². The molecule has 0 aliphatic heterocycles. The normalized spacial score (nSPS) is 12.1. The Kier molecular flexibility index (Phi) is 62.6. The zero-order valence-electron chi connectivity index (χ0n) is 50.8. The molecule has 0 N–H and O–H groups in total. The molecule has 0 spiro atoms. The van der Waals surface area contributed by atoms with Crippen LogP contribution in [-0.2, 0) is 28.6 Å². The second-order valence-electron chi connectivity index (χ2n) is 23.1. The molecule has 0 heterocycles. The quantitative estimate of drug-likeness (QED) is 0.0261. The van der Waals surface area contributed by atoms with Crippen LogP contribution in [0.25, 0.3) is 0 Å². The summed E-state index contributed by atoms with van der Waals surface area (Å²) in [4.78, 5) is 38.3. The monoisotopic (exact) mass is 1050 g/mol. The van der Waals surface area contributed by atoms with Crippen LogP contribution in [0.3, 0.4) is 0 Å². The summed E-state index contributed by atoms with van der Waals surface area (Å²) in [6.45, 7) is 6.66. The van der Waals surface area contributed by atoms with Gasteiger partial charge >= 0.3 is 17.9 Å². The van der Waals surface area contributed by atoms with Crippen LogP contribution < -0.4 is 0 Å². The number of ether oxygens (including phenoxy) is 3. The molecular weight excluding hydrogens is 925 g/mol. The second kappa shape index (κ2) is 64.4. The Balaban J connectivity index is 4.13. The highest BCUT2D eigenvalue weighted by Crippen LogP contribution is 2.19. The van der Waals surface area contributed by atoms with E-state index in [1.165, 1.54) is 263 Å². The maximum Gasteiger partial charge on any atom is 0.306 e. The Morgan fingerprint density at radius 1 is 0.267 bits per heavy atom. The van der Waals surface area contributed by atoms with Crippen LogP contribution in [-0.4, -0.2) is 37.2 Å². The van der Waals surface area contributed by atoms with Gasteiger partial charge in [-0.15, -0.1) is 0 Å². The number of hydrogen-bond donors (Lipinski definition) is 0. The third-order valence-corrected chi connectivity index (χ3v) is 15.5. The van der Waals surface area contributed by atoms with E-state index in [0.717, 1.165) is 77.0 Å². The second-order valence-corrected chi connectivity index (χ2v) is 23.1. The lowest BCUT2D eigenvalue weighted by atomic mass is 10.0. The van der Waals surface area contributed by atoms with E-state index in [1.807, 2.05) is 0 Å². The number of esters is 3. The van der Waals surface area contributed by atoms with Crippen LogP contribution in [0.2, 0.25) is 0 Å². The fourth-order valence-corrected chi connectivity index (χ4v) is 10.3. The third-order valence-electron chi connectivity index (χ3n) is 15.5. The number of hydrogen-bond acceptors (Lipinski definition) is 6. The lowest BCUT2D eigenvalue weighted by Gasteiger charge is -2.18. The molecule has 0 aromatic heterocycles. The summed E-state index contributed by atoms with van der Waals surface area (Å²) in [6.07, 6.45) is 77.8. The minimum atomic E-state index is -0.774. The number of rotatable bonds is 63. The summed E-state index contributed by atoms with van der Waals surface area (Å²) in [7, 11) is 0. The first-order valence-electron chi connectivity index (χ1n) is 33.8. The molecule has 0 fully saturated rings. The van der Waals surface area contributed by atoms with E-state index in [2.05, 4.69) is 45.1 Å². The highest BCUT2D eigenvalue weighted by Gasteiger charge is 2.19. The van der Waals surface area contributed by atoms with Gasteiger partial charge in [-0.3, -0.25) is 14.4 Å². The minimum Gasteiger partial charge on any atom is -0.462 e. The molecule has 0 saturated carbocycles. The third kappa shape index (κ3) is 62.6. The molecule has 1 atom stereocenters. The van der Waals surface area contributed by atoms with Crippen molar-refractivity contribution in [2.24, 2.45) is 0 Å². The maximum atomic E-state index is 12.9. The van der Waals surface area contributed by atoms with Gasteiger partial charge in [-0.2, -0.15) is 0 Å². The van der Waals surface area contributed by atoms with Crippen molar-refractivity contribution in [3.05, 3.63) is 24.3 Å². The molecule has 0 amide bonds. The van der Waals surface area contributed by atoms with Crippen molar-refractivity contribution >= 4 is 17.9 Å². The smallest absolute Gasteiger partial charge is 0.306 e. The van der Waals surface area contributed by atoms with Gasteiger partial charge in [-0.05, 0) is 44.9 Å². The SMILES string of the molecule is CCCC/C=C\C/C=C\CCCCCCCC(=O)OC(COC(=O)CCCCCCCCCCCCCCCC)COC(=O)CCCCCCCCCCCCCCCCCCCCCCCCCCCCCCC.